The highest BCUT2D eigenvalue weighted by molar-refractivity contribution is 5.99. The Morgan fingerprint density at radius 3 is 2.63 bits per heavy atom. The molecule has 0 saturated carbocycles. The van der Waals surface area contributed by atoms with Crippen LogP contribution in [-0.4, -0.2) is 28.9 Å². The number of carbonyl (C=O) groups is 2. The summed E-state index contributed by atoms with van der Waals surface area (Å²) in [7, 11) is 0. The Labute approximate surface area is 112 Å². The van der Waals surface area contributed by atoms with E-state index in [2.05, 4.69) is 15.6 Å². The number of imide groups is 1. The summed E-state index contributed by atoms with van der Waals surface area (Å²) in [5, 5.41) is 5.56. The first kappa shape index (κ1) is 13.7. The van der Waals surface area contributed by atoms with Crippen molar-refractivity contribution in [3.05, 3.63) is 30.1 Å². The molecule has 1 atom stereocenters. The minimum Gasteiger partial charge on any atom is -0.303 e. The minimum atomic E-state index is -0.543. The van der Waals surface area contributed by atoms with Gasteiger partial charge >= 0.3 is 0 Å². The first-order chi connectivity index (χ1) is 9.12. The van der Waals surface area contributed by atoms with Gasteiger partial charge in [0.1, 0.15) is 0 Å². The number of aryl methyl sites for hydroxylation is 1. The summed E-state index contributed by atoms with van der Waals surface area (Å²) in [6.07, 6.45) is 6.91. The summed E-state index contributed by atoms with van der Waals surface area (Å²) in [5.74, 6) is -0.492. The number of nitrogens with one attached hydrogen (secondary N) is 2. The van der Waals surface area contributed by atoms with Gasteiger partial charge < -0.3 is 5.32 Å². The van der Waals surface area contributed by atoms with Crippen molar-refractivity contribution in [2.45, 2.75) is 38.1 Å². The molecular formula is C14H19N3O2. The summed E-state index contributed by atoms with van der Waals surface area (Å²) in [5.41, 5.74) is 0.676. The quantitative estimate of drug-likeness (QED) is 0.822. The molecule has 5 heteroatoms. The molecule has 19 heavy (non-hydrogen) atoms. The summed E-state index contributed by atoms with van der Waals surface area (Å²) in [4.78, 5) is 26.9. The van der Waals surface area contributed by atoms with Gasteiger partial charge in [-0.2, -0.15) is 0 Å². The first-order valence-corrected chi connectivity index (χ1v) is 6.58. The van der Waals surface area contributed by atoms with Crippen molar-refractivity contribution in [1.29, 1.82) is 0 Å². The van der Waals surface area contributed by atoms with Crippen molar-refractivity contribution in [3.8, 4) is 0 Å². The summed E-state index contributed by atoms with van der Waals surface area (Å²) in [6.45, 7) is 2.20. The lowest BCUT2D eigenvalue weighted by Crippen LogP contribution is -2.66. The Morgan fingerprint density at radius 2 is 2.11 bits per heavy atom. The van der Waals surface area contributed by atoms with Crippen molar-refractivity contribution in [2.24, 2.45) is 0 Å². The van der Waals surface area contributed by atoms with Gasteiger partial charge in [0.25, 0.3) is 0 Å². The number of hydrogen-bond donors (Lipinski definition) is 2. The topological polar surface area (TPSA) is 71.1 Å². The molecule has 0 aromatic carbocycles. The lowest BCUT2D eigenvalue weighted by molar-refractivity contribution is -0.136. The van der Waals surface area contributed by atoms with Crippen LogP contribution in [0.2, 0.25) is 0 Å². The van der Waals surface area contributed by atoms with Crippen molar-refractivity contribution < 1.29 is 9.59 Å². The highest BCUT2D eigenvalue weighted by Gasteiger charge is 2.43. The Bertz CT molecular complexity index is 455. The third-order valence-electron chi connectivity index (χ3n) is 3.56. The molecule has 5 nitrogen and oxygen atoms in total. The second-order valence-corrected chi connectivity index (χ2v) is 4.98. The molecule has 1 aliphatic heterocycles. The second kappa shape index (κ2) is 5.93. The van der Waals surface area contributed by atoms with Crippen LogP contribution in [0.25, 0.3) is 0 Å². The van der Waals surface area contributed by atoms with Gasteiger partial charge in [0.15, 0.2) is 0 Å². The molecule has 1 aromatic heterocycles. The van der Waals surface area contributed by atoms with Crippen LogP contribution in [0.1, 0.15) is 31.7 Å². The largest absolute Gasteiger partial charge is 0.303 e. The normalized spacial score (nSPS) is 21.5. The van der Waals surface area contributed by atoms with Crippen molar-refractivity contribution in [1.82, 2.24) is 15.6 Å². The number of amides is 2. The molecule has 1 aliphatic rings. The van der Waals surface area contributed by atoms with E-state index in [1.54, 1.807) is 12.4 Å². The van der Waals surface area contributed by atoms with Crippen LogP contribution < -0.4 is 10.6 Å². The predicted molar refractivity (Wildman–Crippen MR) is 71.3 cm³/mol. The molecule has 0 aliphatic carbocycles. The predicted octanol–water partition coefficient (Wildman–Crippen LogP) is 0.799. The maximum Gasteiger partial charge on any atom is 0.246 e. The molecular weight excluding hydrogens is 242 g/mol. The van der Waals surface area contributed by atoms with Crippen LogP contribution in [0.5, 0.6) is 0 Å². The maximum atomic E-state index is 12.0. The molecule has 1 aromatic rings. The lowest BCUT2D eigenvalue weighted by atomic mass is 9.81. The second-order valence-electron chi connectivity index (χ2n) is 4.98. The highest BCUT2D eigenvalue weighted by Crippen LogP contribution is 2.25. The monoisotopic (exact) mass is 261 g/mol. The van der Waals surface area contributed by atoms with Gasteiger partial charge in [-0.05, 0) is 49.9 Å². The maximum absolute atomic E-state index is 12.0. The molecule has 1 unspecified atom stereocenters. The number of rotatable bonds is 5. The molecule has 2 rings (SSSR count). The zero-order valence-electron chi connectivity index (χ0n) is 11.1. The number of aromatic nitrogens is 1. The molecule has 102 valence electrons. The molecule has 2 N–H and O–H groups in total. The van der Waals surface area contributed by atoms with Crippen molar-refractivity contribution in [3.63, 3.8) is 0 Å². The van der Waals surface area contributed by atoms with Crippen LogP contribution in [0.4, 0.5) is 0 Å². The zero-order valence-corrected chi connectivity index (χ0v) is 11.1. The fourth-order valence-corrected chi connectivity index (χ4v) is 2.37. The smallest absolute Gasteiger partial charge is 0.246 e. The summed E-state index contributed by atoms with van der Waals surface area (Å²) in [6, 6.07) is 3.97. The number of hydrogen-bond acceptors (Lipinski definition) is 4. The van der Waals surface area contributed by atoms with E-state index in [1.807, 2.05) is 12.1 Å². The van der Waals surface area contributed by atoms with Gasteiger partial charge in [0.2, 0.25) is 11.8 Å². The molecule has 1 fully saturated rings. The Morgan fingerprint density at radius 1 is 1.42 bits per heavy atom. The highest BCUT2D eigenvalue weighted by atomic mass is 16.2. The van der Waals surface area contributed by atoms with Crippen molar-refractivity contribution >= 4 is 11.8 Å². The Kier molecular flexibility index (Phi) is 4.27. The van der Waals surface area contributed by atoms with Crippen LogP contribution in [0.3, 0.4) is 0 Å². The zero-order chi connectivity index (χ0) is 13.7. The molecule has 0 bridgehead atoms. The van der Waals surface area contributed by atoms with Crippen molar-refractivity contribution in [2.75, 3.05) is 6.54 Å². The van der Waals surface area contributed by atoms with Crippen LogP contribution in [0, 0.1) is 0 Å². The third-order valence-corrected chi connectivity index (χ3v) is 3.56. The van der Waals surface area contributed by atoms with Gasteiger partial charge in [0, 0.05) is 19.3 Å². The van der Waals surface area contributed by atoms with Gasteiger partial charge in [-0.25, -0.2) is 0 Å². The van der Waals surface area contributed by atoms with Crippen LogP contribution in [0.15, 0.2) is 24.5 Å². The average molecular weight is 261 g/mol. The van der Waals surface area contributed by atoms with E-state index < -0.39 is 5.54 Å². The Hall–Kier alpha value is -1.75. The van der Waals surface area contributed by atoms with E-state index in [4.69, 9.17) is 0 Å². The lowest BCUT2D eigenvalue weighted by Gasteiger charge is -2.41. The summed E-state index contributed by atoms with van der Waals surface area (Å²) < 4.78 is 0. The number of nitrogens with zero attached hydrogens (tertiary/aromatic N) is 1. The van der Waals surface area contributed by atoms with E-state index in [1.165, 1.54) is 12.5 Å². The average Bonchev–Trinajstić information content (AvgIpc) is 2.32. The molecule has 2 heterocycles. The van der Waals surface area contributed by atoms with E-state index in [0.717, 1.165) is 32.2 Å². The van der Waals surface area contributed by atoms with Gasteiger partial charge in [-0.3, -0.25) is 19.9 Å². The fraction of sp³-hybridized carbons (Fsp3) is 0.500. The van der Waals surface area contributed by atoms with E-state index in [-0.39, 0.29) is 11.8 Å². The standard InChI is InChI=1S/C14H19N3O2/c1-11(18)17-13(19)14(7-10-16-14)6-2-3-12-4-8-15-9-5-12/h4-5,8-9,16H,2-3,6-7,10H2,1H3,(H,17,18,19). The minimum absolute atomic E-state index is 0.194. The first-order valence-electron chi connectivity index (χ1n) is 6.58. The SMILES string of the molecule is CC(=O)NC(=O)C1(CCCc2ccncc2)CCN1. The van der Waals surface area contributed by atoms with E-state index >= 15 is 0 Å². The summed E-state index contributed by atoms with van der Waals surface area (Å²) >= 11 is 0. The molecule has 0 radical (unpaired) electrons. The fourth-order valence-electron chi connectivity index (χ4n) is 2.37. The molecule has 1 saturated heterocycles. The van der Waals surface area contributed by atoms with Gasteiger partial charge in [0.05, 0.1) is 5.54 Å². The van der Waals surface area contributed by atoms with Gasteiger partial charge in [-0.1, -0.05) is 0 Å². The van der Waals surface area contributed by atoms with Crippen LogP contribution in [-0.2, 0) is 16.0 Å². The van der Waals surface area contributed by atoms with Crippen LogP contribution >= 0.6 is 0 Å². The van der Waals surface area contributed by atoms with Gasteiger partial charge in [-0.15, -0.1) is 0 Å². The Balaban J connectivity index is 1.85. The van der Waals surface area contributed by atoms with E-state index in [9.17, 15) is 9.59 Å². The molecule has 0 spiro atoms. The number of pyridine rings is 1. The third kappa shape index (κ3) is 3.38. The molecule has 2 amide bonds. The number of carbonyl (C=O) groups excluding carboxylic acids is 2. The van der Waals surface area contributed by atoms with E-state index in [0.29, 0.717) is 0 Å².